The number of nitrogens with one attached hydrogen (secondary N) is 2. The van der Waals surface area contributed by atoms with Gasteiger partial charge in [0.2, 0.25) is 0 Å². The number of guanidine groups is 1. The number of aromatic nitrogens is 1. The van der Waals surface area contributed by atoms with Gasteiger partial charge in [0, 0.05) is 18.1 Å². The third kappa shape index (κ3) is 7.08. The van der Waals surface area contributed by atoms with Crippen LogP contribution < -0.4 is 15.4 Å². The lowest BCUT2D eigenvalue weighted by atomic mass is 10.3. The van der Waals surface area contributed by atoms with Crippen molar-refractivity contribution < 1.29 is 9.26 Å². The van der Waals surface area contributed by atoms with E-state index in [0.29, 0.717) is 24.1 Å². The van der Waals surface area contributed by atoms with Crippen LogP contribution in [0.4, 0.5) is 0 Å². The largest absolute Gasteiger partial charge is 0.489 e. The number of hydrogen-bond acceptors (Lipinski definition) is 4. The van der Waals surface area contributed by atoms with Gasteiger partial charge in [-0.05, 0) is 31.2 Å². The monoisotopic (exact) mass is 450 g/mol. The molecule has 0 aliphatic rings. The topological polar surface area (TPSA) is 71.7 Å². The summed E-state index contributed by atoms with van der Waals surface area (Å²) in [4.78, 5) is 4.14. The minimum atomic E-state index is -0.0215. The molecule has 0 saturated heterocycles. The average Bonchev–Trinajstić information content (AvgIpc) is 3.03. The molecule has 8 heteroatoms. The maximum atomic E-state index is 5.84. The maximum Gasteiger partial charge on any atom is 0.191 e. The van der Waals surface area contributed by atoms with E-state index in [9.17, 15) is 0 Å². The Bertz CT molecular complexity index is 590. The summed E-state index contributed by atoms with van der Waals surface area (Å²) >= 11 is 5.84. The van der Waals surface area contributed by atoms with Gasteiger partial charge in [0.25, 0.3) is 0 Å². The molecule has 0 saturated carbocycles. The molecule has 0 radical (unpaired) electrons. The van der Waals surface area contributed by atoms with Gasteiger partial charge in [-0.2, -0.15) is 0 Å². The predicted octanol–water partition coefficient (Wildman–Crippen LogP) is 3.08. The van der Waals surface area contributed by atoms with Gasteiger partial charge in [-0.25, -0.2) is 0 Å². The Morgan fingerprint density at radius 1 is 1.30 bits per heavy atom. The SMILES string of the molecule is CN=C(NCc1ccon1)NCC(C)Oc1ccc(Cl)cc1.I. The first-order valence-corrected chi connectivity index (χ1v) is 7.31. The molecule has 23 heavy (non-hydrogen) atoms. The Kier molecular flexibility index (Phi) is 8.78. The van der Waals surface area contributed by atoms with Gasteiger partial charge in [0.05, 0.1) is 13.1 Å². The molecule has 0 aliphatic heterocycles. The van der Waals surface area contributed by atoms with Crippen molar-refractivity contribution in [3.8, 4) is 5.75 Å². The highest BCUT2D eigenvalue weighted by molar-refractivity contribution is 14.0. The van der Waals surface area contributed by atoms with Crippen LogP contribution in [0.3, 0.4) is 0 Å². The van der Waals surface area contributed by atoms with Crippen molar-refractivity contribution in [2.45, 2.75) is 19.6 Å². The second-order valence-corrected chi connectivity index (χ2v) is 5.12. The summed E-state index contributed by atoms with van der Waals surface area (Å²) < 4.78 is 10.6. The molecule has 1 heterocycles. The van der Waals surface area contributed by atoms with Crippen molar-refractivity contribution in [2.24, 2.45) is 4.99 Å². The minimum Gasteiger partial charge on any atom is -0.489 e. The van der Waals surface area contributed by atoms with E-state index >= 15 is 0 Å². The number of ether oxygens (including phenoxy) is 1. The first kappa shape index (κ1) is 19.6. The van der Waals surface area contributed by atoms with E-state index in [1.165, 1.54) is 6.26 Å². The summed E-state index contributed by atoms with van der Waals surface area (Å²) in [6.45, 7) is 3.14. The molecule has 0 aliphatic carbocycles. The molecule has 0 amide bonds. The second-order valence-electron chi connectivity index (χ2n) is 4.68. The number of rotatable bonds is 6. The molecule has 1 atom stereocenters. The Labute approximate surface area is 157 Å². The van der Waals surface area contributed by atoms with E-state index < -0.39 is 0 Å². The molecule has 2 aromatic rings. The third-order valence-corrected chi connectivity index (χ3v) is 3.11. The summed E-state index contributed by atoms with van der Waals surface area (Å²) in [5, 5.41) is 10.8. The quantitative estimate of drug-likeness (QED) is 0.402. The van der Waals surface area contributed by atoms with Gasteiger partial charge >= 0.3 is 0 Å². The van der Waals surface area contributed by atoms with Crippen molar-refractivity contribution in [2.75, 3.05) is 13.6 Å². The lowest BCUT2D eigenvalue weighted by Gasteiger charge is -2.17. The van der Waals surface area contributed by atoms with Gasteiger partial charge in [-0.15, -0.1) is 24.0 Å². The van der Waals surface area contributed by atoms with Gasteiger partial charge in [0.15, 0.2) is 5.96 Å². The number of nitrogens with zero attached hydrogens (tertiary/aromatic N) is 2. The maximum absolute atomic E-state index is 5.84. The van der Waals surface area contributed by atoms with Crippen LogP contribution >= 0.6 is 35.6 Å². The first-order chi connectivity index (χ1) is 10.7. The fourth-order valence-corrected chi connectivity index (χ4v) is 1.88. The van der Waals surface area contributed by atoms with Crippen LogP contribution in [0.25, 0.3) is 0 Å². The Morgan fingerprint density at radius 3 is 2.65 bits per heavy atom. The summed E-state index contributed by atoms with van der Waals surface area (Å²) in [5.74, 6) is 1.46. The lowest BCUT2D eigenvalue weighted by Crippen LogP contribution is -2.41. The number of aliphatic imine (C=N–C) groups is 1. The highest BCUT2D eigenvalue weighted by atomic mass is 127. The van der Waals surface area contributed by atoms with Crippen molar-refractivity contribution >= 4 is 41.5 Å². The number of halogens is 2. The Morgan fingerprint density at radius 2 is 2.04 bits per heavy atom. The lowest BCUT2D eigenvalue weighted by molar-refractivity contribution is 0.224. The molecule has 2 rings (SSSR count). The molecule has 1 aromatic carbocycles. The van der Waals surface area contributed by atoms with Crippen LogP contribution in [0.2, 0.25) is 5.02 Å². The van der Waals surface area contributed by atoms with Crippen molar-refractivity contribution in [1.29, 1.82) is 0 Å². The molecular formula is C15H20ClIN4O2. The van der Waals surface area contributed by atoms with Crippen molar-refractivity contribution in [3.63, 3.8) is 0 Å². The molecular weight excluding hydrogens is 431 g/mol. The summed E-state index contributed by atoms with van der Waals surface area (Å²) in [5.41, 5.74) is 0.813. The molecule has 0 spiro atoms. The average molecular weight is 451 g/mol. The normalized spacial score (nSPS) is 12.2. The highest BCUT2D eigenvalue weighted by Gasteiger charge is 2.06. The van der Waals surface area contributed by atoms with Crippen molar-refractivity contribution in [3.05, 3.63) is 47.3 Å². The number of hydrogen-bond donors (Lipinski definition) is 2. The minimum absolute atomic E-state index is 0. The fourth-order valence-electron chi connectivity index (χ4n) is 1.75. The zero-order valence-electron chi connectivity index (χ0n) is 13.0. The van der Waals surface area contributed by atoms with E-state index in [-0.39, 0.29) is 30.1 Å². The summed E-state index contributed by atoms with van der Waals surface area (Å²) in [7, 11) is 1.71. The van der Waals surface area contributed by atoms with E-state index in [1.807, 2.05) is 19.1 Å². The molecule has 0 fully saturated rings. The fraction of sp³-hybridized carbons (Fsp3) is 0.333. The van der Waals surface area contributed by atoms with Crippen LogP contribution in [0.5, 0.6) is 5.75 Å². The molecule has 2 N–H and O–H groups in total. The van der Waals surface area contributed by atoms with E-state index in [0.717, 1.165) is 11.4 Å². The zero-order chi connectivity index (χ0) is 15.8. The molecule has 0 bridgehead atoms. The Hall–Kier alpha value is -1.48. The second kappa shape index (κ2) is 10.3. The van der Waals surface area contributed by atoms with Crippen molar-refractivity contribution in [1.82, 2.24) is 15.8 Å². The third-order valence-electron chi connectivity index (χ3n) is 2.86. The van der Waals surface area contributed by atoms with Gasteiger partial charge in [-0.3, -0.25) is 4.99 Å². The smallest absolute Gasteiger partial charge is 0.191 e. The number of benzene rings is 1. The highest BCUT2D eigenvalue weighted by Crippen LogP contribution is 2.16. The van der Waals surface area contributed by atoms with Gasteiger partial charge < -0.3 is 19.9 Å². The summed E-state index contributed by atoms with van der Waals surface area (Å²) in [6.07, 6.45) is 1.52. The van der Waals surface area contributed by atoms with E-state index in [1.54, 1.807) is 25.2 Å². The standard InChI is InChI=1S/C15H19ClN4O2.HI/c1-11(22-14-5-3-12(16)4-6-14)9-18-15(17-2)19-10-13-7-8-21-20-13;/h3-8,11H,9-10H2,1-2H3,(H2,17,18,19);1H. The van der Waals surface area contributed by atoms with E-state index in [4.69, 9.17) is 20.9 Å². The predicted molar refractivity (Wildman–Crippen MR) is 102 cm³/mol. The van der Waals surface area contributed by atoms with Crippen LogP contribution in [0.1, 0.15) is 12.6 Å². The molecule has 1 aromatic heterocycles. The van der Waals surface area contributed by atoms with Gasteiger partial charge in [0.1, 0.15) is 23.8 Å². The molecule has 1 unspecified atom stereocenters. The Balaban J connectivity index is 0.00000264. The van der Waals surface area contributed by atoms with E-state index in [2.05, 4.69) is 20.8 Å². The molecule has 6 nitrogen and oxygen atoms in total. The molecule has 126 valence electrons. The first-order valence-electron chi connectivity index (χ1n) is 6.93. The van der Waals surface area contributed by atoms with Crippen LogP contribution in [0.15, 0.2) is 46.1 Å². The zero-order valence-corrected chi connectivity index (χ0v) is 16.0. The van der Waals surface area contributed by atoms with Crippen LogP contribution in [0, 0.1) is 0 Å². The van der Waals surface area contributed by atoms with Crippen LogP contribution in [-0.4, -0.2) is 30.8 Å². The van der Waals surface area contributed by atoms with Crippen LogP contribution in [-0.2, 0) is 6.54 Å². The summed E-state index contributed by atoms with van der Waals surface area (Å²) in [6, 6.07) is 9.09. The van der Waals surface area contributed by atoms with Gasteiger partial charge in [-0.1, -0.05) is 16.8 Å².